The molecule has 1 unspecified atom stereocenters. The van der Waals surface area contributed by atoms with Crippen molar-refractivity contribution in [2.24, 2.45) is 5.92 Å². The van der Waals surface area contributed by atoms with Crippen molar-refractivity contribution >= 4 is 0 Å². The molecule has 3 rings (SSSR count). The molecule has 3 heteroatoms. The van der Waals surface area contributed by atoms with Crippen LogP contribution in [0.1, 0.15) is 19.3 Å². The number of rotatable bonds is 6. The summed E-state index contributed by atoms with van der Waals surface area (Å²) in [6.45, 7) is 9.29. The van der Waals surface area contributed by atoms with Gasteiger partial charge >= 0.3 is 0 Å². The molecule has 0 aromatic rings. The molecule has 0 radical (unpaired) electrons. The summed E-state index contributed by atoms with van der Waals surface area (Å²) in [5.74, 6) is 0.926. The Kier molecular flexibility index (Phi) is 4.03. The van der Waals surface area contributed by atoms with E-state index >= 15 is 0 Å². The molecule has 3 saturated heterocycles. The molecule has 0 aromatic heterocycles. The van der Waals surface area contributed by atoms with Crippen LogP contribution in [0.25, 0.3) is 0 Å². The molecular formula is C12H22N2O. The first kappa shape index (κ1) is 11.0. The van der Waals surface area contributed by atoms with Gasteiger partial charge < -0.3 is 15.0 Å². The number of ether oxygens (including phenoxy) is 1. The lowest BCUT2D eigenvalue weighted by Gasteiger charge is -2.45. The maximum absolute atomic E-state index is 5.10. The Labute approximate surface area is 92.5 Å². The van der Waals surface area contributed by atoms with E-state index in [-0.39, 0.29) is 0 Å². The molecule has 3 fully saturated rings. The van der Waals surface area contributed by atoms with Gasteiger partial charge in [0, 0.05) is 12.6 Å². The minimum atomic E-state index is 0.733. The van der Waals surface area contributed by atoms with Crippen molar-refractivity contribution in [1.29, 1.82) is 0 Å². The second-order valence-corrected chi connectivity index (χ2v) is 4.59. The Balaban J connectivity index is 1.61. The van der Waals surface area contributed by atoms with Gasteiger partial charge in [-0.2, -0.15) is 0 Å². The topological polar surface area (TPSA) is 24.5 Å². The van der Waals surface area contributed by atoms with Crippen LogP contribution in [0.4, 0.5) is 0 Å². The van der Waals surface area contributed by atoms with E-state index in [0.29, 0.717) is 0 Å². The predicted molar refractivity (Wildman–Crippen MR) is 61.7 cm³/mol. The summed E-state index contributed by atoms with van der Waals surface area (Å²) >= 11 is 0. The molecule has 3 heterocycles. The van der Waals surface area contributed by atoms with E-state index in [4.69, 9.17) is 4.74 Å². The fraction of sp³-hybridized carbons (Fsp3) is 0.833. The van der Waals surface area contributed by atoms with Crippen molar-refractivity contribution in [3.8, 4) is 0 Å². The highest BCUT2D eigenvalue weighted by Gasteiger charge is 2.33. The fourth-order valence-electron chi connectivity index (χ4n) is 2.72. The highest BCUT2D eigenvalue weighted by molar-refractivity contribution is 4.90. The number of nitrogens with one attached hydrogen (secondary N) is 1. The lowest BCUT2D eigenvalue weighted by molar-refractivity contribution is 0.0719. The third-order valence-corrected chi connectivity index (χ3v) is 3.62. The van der Waals surface area contributed by atoms with Gasteiger partial charge in [0.25, 0.3) is 0 Å². The van der Waals surface area contributed by atoms with Gasteiger partial charge in [-0.05, 0) is 44.8 Å². The Hall–Kier alpha value is -0.540. The van der Waals surface area contributed by atoms with E-state index < -0.39 is 0 Å². The predicted octanol–water partition coefficient (Wildman–Crippen LogP) is 1.22. The smallest absolute Gasteiger partial charge is 0.0885 e. The Bertz CT molecular complexity index is 200. The Morgan fingerprint density at radius 3 is 2.80 bits per heavy atom. The SMILES string of the molecule is C=COCCCNC1CN2CCC1CC2. The summed E-state index contributed by atoms with van der Waals surface area (Å²) in [4.78, 5) is 2.58. The van der Waals surface area contributed by atoms with Crippen molar-refractivity contribution in [2.45, 2.75) is 25.3 Å². The Morgan fingerprint density at radius 2 is 2.20 bits per heavy atom. The van der Waals surface area contributed by atoms with Crippen molar-refractivity contribution < 1.29 is 4.74 Å². The van der Waals surface area contributed by atoms with Crippen molar-refractivity contribution in [2.75, 3.05) is 32.8 Å². The summed E-state index contributed by atoms with van der Waals surface area (Å²) in [5.41, 5.74) is 0. The first-order valence-electron chi connectivity index (χ1n) is 6.08. The second-order valence-electron chi connectivity index (χ2n) is 4.59. The highest BCUT2D eigenvalue weighted by Crippen LogP contribution is 2.27. The molecule has 0 spiro atoms. The van der Waals surface area contributed by atoms with Crippen LogP contribution in [0.15, 0.2) is 12.8 Å². The minimum Gasteiger partial charge on any atom is -0.502 e. The molecule has 1 atom stereocenters. The van der Waals surface area contributed by atoms with Gasteiger partial charge in [0.1, 0.15) is 0 Å². The van der Waals surface area contributed by atoms with E-state index in [2.05, 4.69) is 16.8 Å². The van der Waals surface area contributed by atoms with Crippen LogP contribution < -0.4 is 5.32 Å². The fourth-order valence-corrected chi connectivity index (χ4v) is 2.72. The third kappa shape index (κ3) is 2.95. The largest absolute Gasteiger partial charge is 0.502 e. The first-order chi connectivity index (χ1) is 7.40. The molecule has 86 valence electrons. The first-order valence-corrected chi connectivity index (χ1v) is 6.08. The molecule has 0 saturated carbocycles. The monoisotopic (exact) mass is 210 g/mol. The summed E-state index contributed by atoms with van der Waals surface area (Å²) in [7, 11) is 0. The number of hydrogen-bond donors (Lipinski definition) is 1. The second kappa shape index (κ2) is 5.52. The summed E-state index contributed by atoms with van der Waals surface area (Å²) < 4.78 is 5.10. The minimum absolute atomic E-state index is 0.733. The van der Waals surface area contributed by atoms with Gasteiger partial charge in [-0.25, -0.2) is 0 Å². The van der Waals surface area contributed by atoms with Crippen LogP contribution in [-0.2, 0) is 4.74 Å². The van der Waals surface area contributed by atoms with Crippen LogP contribution in [-0.4, -0.2) is 43.7 Å². The average Bonchev–Trinajstić information content (AvgIpc) is 2.30. The molecule has 3 nitrogen and oxygen atoms in total. The number of hydrogen-bond acceptors (Lipinski definition) is 3. The van der Waals surface area contributed by atoms with E-state index in [9.17, 15) is 0 Å². The number of nitrogens with zero attached hydrogens (tertiary/aromatic N) is 1. The third-order valence-electron chi connectivity index (χ3n) is 3.62. The number of piperidine rings is 3. The lowest BCUT2D eigenvalue weighted by Crippen LogP contribution is -2.56. The molecular weight excluding hydrogens is 188 g/mol. The maximum atomic E-state index is 5.10. The molecule has 0 amide bonds. The van der Waals surface area contributed by atoms with Crippen molar-refractivity contribution in [3.05, 3.63) is 12.8 Å². The zero-order chi connectivity index (χ0) is 10.5. The van der Waals surface area contributed by atoms with E-state index in [1.165, 1.54) is 38.7 Å². The average molecular weight is 210 g/mol. The van der Waals surface area contributed by atoms with Crippen molar-refractivity contribution in [3.63, 3.8) is 0 Å². The van der Waals surface area contributed by atoms with E-state index in [1.54, 1.807) is 0 Å². The lowest BCUT2D eigenvalue weighted by atomic mass is 9.84. The van der Waals surface area contributed by atoms with Crippen molar-refractivity contribution in [1.82, 2.24) is 10.2 Å². The molecule has 3 aliphatic rings. The zero-order valence-corrected chi connectivity index (χ0v) is 9.45. The summed E-state index contributed by atoms with van der Waals surface area (Å²) in [6.07, 6.45) is 5.38. The highest BCUT2D eigenvalue weighted by atomic mass is 16.5. The van der Waals surface area contributed by atoms with Gasteiger partial charge in [0.15, 0.2) is 0 Å². The van der Waals surface area contributed by atoms with E-state index in [0.717, 1.165) is 31.5 Å². The molecule has 0 aliphatic carbocycles. The van der Waals surface area contributed by atoms with Gasteiger partial charge in [-0.15, -0.1) is 0 Å². The van der Waals surface area contributed by atoms with Gasteiger partial charge in [0.2, 0.25) is 0 Å². The van der Waals surface area contributed by atoms with E-state index in [1.807, 2.05) is 0 Å². The van der Waals surface area contributed by atoms with Crippen LogP contribution in [0.2, 0.25) is 0 Å². The standard InChI is InChI=1S/C12H22N2O/c1-2-15-9-3-6-13-12-10-14-7-4-11(12)5-8-14/h2,11-13H,1,3-10H2. The molecule has 1 N–H and O–H groups in total. The Morgan fingerprint density at radius 1 is 1.40 bits per heavy atom. The molecule has 3 aliphatic heterocycles. The van der Waals surface area contributed by atoms with Crippen LogP contribution in [0, 0.1) is 5.92 Å². The molecule has 2 bridgehead atoms. The zero-order valence-electron chi connectivity index (χ0n) is 9.45. The van der Waals surface area contributed by atoms with Crippen LogP contribution >= 0.6 is 0 Å². The normalized spacial score (nSPS) is 34.0. The maximum Gasteiger partial charge on any atom is 0.0885 e. The van der Waals surface area contributed by atoms with Gasteiger partial charge in [-0.1, -0.05) is 6.58 Å². The van der Waals surface area contributed by atoms with Gasteiger partial charge in [-0.3, -0.25) is 0 Å². The summed E-state index contributed by atoms with van der Waals surface area (Å²) in [5, 5.41) is 3.66. The van der Waals surface area contributed by atoms with Crippen LogP contribution in [0.5, 0.6) is 0 Å². The number of fused-ring (bicyclic) bond motifs is 3. The quantitative estimate of drug-likeness (QED) is 0.527. The van der Waals surface area contributed by atoms with Gasteiger partial charge in [0.05, 0.1) is 12.9 Å². The molecule has 0 aromatic carbocycles. The summed E-state index contributed by atoms with van der Waals surface area (Å²) in [6, 6.07) is 0.733. The molecule has 15 heavy (non-hydrogen) atoms. The van der Waals surface area contributed by atoms with Crippen LogP contribution in [0.3, 0.4) is 0 Å².